The second-order valence-corrected chi connectivity index (χ2v) is 9.14. The zero-order valence-corrected chi connectivity index (χ0v) is 18.8. The number of carbonyl (C=O) groups excluding carboxylic acids is 1. The summed E-state index contributed by atoms with van der Waals surface area (Å²) in [7, 11) is 1.70. The van der Waals surface area contributed by atoms with E-state index in [0.717, 1.165) is 56.9 Å². The lowest BCUT2D eigenvalue weighted by atomic mass is 10.0. The normalized spacial score (nSPS) is 18.5. The van der Waals surface area contributed by atoms with Gasteiger partial charge in [-0.15, -0.1) is 0 Å². The summed E-state index contributed by atoms with van der Waals surface area (Å²) in [4.78, 5) is 18.1. The summed E-state index contributed by atoms with van der Waals surface area (Å²) < 4.78 is 16.1. The van der Waals surface area contributed by atoms with Crippen LogP contribution in [-0.4, -0.2) is 61.8 Å². The molecule has 0 atom stereocenters. The van der Waals surface area contributed by atoms with Crippen LogP contribution in [0.1, 0.15) is 41.6 Å². The standard InChI is InChI=1S/C26H32N2O4/c1-30-23-7-4-19(5-8-23)10-13-27-14-11-22(12-15-27)28(17-20-2-3-20)26(29)21-6-9-24-25(16-21)32-18-31-24/h4-9,16,20,22H,2-3,10-15,17-18H2,1H3. The lowest BCUT2D eigenvalue weighted by molar-refractivity contribution is 0.0559. The van der Waals surface area contributed by atoms with Crippen molar-refractivity contribution in [3.05, 3.63) is 53.6 Å². The third-order valence-corrected chi connectivity index (χ3v) is 6.91. The average molecular weight is 437 g/mol. The third-order valence-electron chi connectivity index (χ3n) is 6.91. The predicted molar refractivity (Wildman–Crippen MR) is 122 cm³/mol. The van der Waals surface area contributed by atoms with Crippen LogP contribution in [-0.2, 0) is 6.42 Å². The number of hydrogen-bond acceptors (Lipinski definition) is 5. The summed E-state index contributed by atoms with van der Waals surface area (Å²) in [6, 6.07) is 14.2. The maximum atomic E-state index is 13.5. The first kappa shape index (κ1) is 21.1. The van der Waals surface area contributed by atoms with Gasteiger partial charge in [0.15, 0.2) is 11.5 Å². The van der Waals surface area contributed by atoms with Gasteiger partial charge in [0.05, 0.1) is 7.11 Å². The van der Waals surface area contributed by atoms with Crippen molar-refractivity contribution in [1.82, 2.24) is 9.80 Å². The van der Waals surface area contributed by atoms with Crippen LogP contribution < -0.4 is 14.2 Å². The predicted octanol–water partition coefficient (Wildman–Crippen LogP) is 3.98. The molecule has 0 unspecified atom stereocenters. The maximum Gasteiger partial charge on any atom is 0.254 e. The largest absolute Gasteiger partial charge is 0.497 e. The topological polar surface area (TPSA) is 51.2 Å². The van der Waals surface area contributed by atoms with Crippen molar-refractivity contribution < 1.29 is 19.0 Å². The number of likely N-dealkylation sites (tertiary alicyclic amines) is 1. The van der Waals surface area contributed by atoms with E-state index < -0.39 is 0 Å². The van der Waals surface area contributed by atoms with Crippen LogP contribution in [0.3, 0.4) is 0 Å². The number of rotatable bonds is 8. The molecule has 0 N–H and O–H groups in total. The summed E-state index contributed by atoms with van der Waals surface area (Å²) in [5, 5.41) is 0. The summed E-state index contributed by atoms with van der Waals surface area (Å²) in [6.45, 7) is 4.24. The first-order valence-corrected chi connectivity index (χ1v) is 11.8. The van der Waals surface area contributed by atoms with Crippen LogP contribution in [0.2, 0.25) is 0 Å². The van der Waals surface area contributed by atoms with E-state index in [1.807, 2.05) is 30.3 Å². The van der Waals surface area contributed by atoms with Crippen molar-refractivity contribution >= 4 is 5.91 Å². The summed E-state index contributed by atoms with van der Waals surface area (Å²) in [6.07, 6.45) is 5.59. The molecular weight excluding hydrogens is 404 g/mol. The van der Waals surface area contributed by atoms with E-state index >= 15 is 0 Å². The van der Waals surface area contributed by atoms with Crippen molar-refractivity contribution in [3.8, 4) is 17.2 Å². The molecule has 2 aromatic rings. The van der Waals surface area contributed by atoms with Crippen LogP contribution in [0.15, 0.2) is 42.5 Å². The molecule has 2 heterocycles. The molecule has 5 rings (SSSR count). The van der Waals surface area contributed by atoms with Gasteiger partial charge < -0.3 is 24.0 Å². The Labute approximate surface area is 190 Å². The van der Waals surface area contributed by atoms with Crippen molar-refractivity contribution in [2.24, 2.45) is 5.92 Å². The molecule has 2 aliphatic heterocycles. The molecule has 32 heavy (non-hydrogen) atoms. The van der Waals surface area contributed by atoms with E-state index in [-0.39, 0.29) is 12.7 Å². The van der Waals surface area contributed by atoms with Gasteiger partial charge in [-0.1, -0.05) is 12.1 Å². The van der Waals surface area contributed by atoms with Gasteiger partial charge in [-0.25, -0.2) is 0 Å². The maximum absolute atomic E-state index is 13.5. The van der Waals surface area contributed by atoms with Crippen LogP contribution in [0.5, 0.6) is 17.2 Å². The number of methoxy groups -OCH3 is 1. The minimum Gasteiger partial charge on any atom is -0.497 e. The number of nitrogens with zero attached hydrogens (tertiary/aromatic N) is 2. The Morgan fingerprint density at radius 2 is 1.78 bits per heavy atom. The summed E-state index contributed by atoms with van der Waals surface area (Å²) >= 11 is 0. The molecule has 2 aromatic carbocycles. The molecule has 1 amide bonds. The Balaban J connectivity index is 1.18. The fraction of sp³-hybridized carbons (Fsp3) is 0.500. The minimum absolute atomic E-state index is 0.131. The van der Waals surface area contributed by atoms with Crippen molar-refractivity contribution in [3.63, 3.8) is 0 Å². The SMILES string of the molecule is COc1ccc(CCN2CCC(N(CC3CC3)C(=O)c3ccc4c(c3)OCO4)CC2)cc1. The quantitative estimate of drug-likeness (QED) is 0.627. The Kier molecular flexibility index (Phi) is 6.21. The van der Waals surface area contributed by atoms with Gasteiger partial charge in [0, 0.05) is 37.8 Å². The molecule has 0 bridgehead atoms. The van der Waals surface area contributed by atoms with E-state index in [1.54, 1.807) is 7.11 Å². The second-order valence-electron chi connectivity index (χ2n) is 9.14. The highest BCUT2D eigenvalue weighted by atomic mass is 16.7. The Morgan fingerprint density at radius 1 is 1.03 bits per heavy atom. The van der Waals surface area contributed by atoms with Gasteiger partial charge >= 0.3 is 0 Å². The third kappa shape index (κ3) is 4.85. The summed E-state index contributed by atoms with van der Waals surface area (Å²) in [5.74, 6) is 3.10. The van der Waals surface area contributed by atoms with Crippen molar-refractivity contribution in [1.29, 1.82) is 0 Å². The van der Waals surface area contributed by atoms with Gasteiger partial charge in [-0.05, 0) is 73.9 Å². The Bertz CT molecular complexity index is 933. The Morgan fingerprint density at radius 3 is 2.50 bits per heavy atom. The fourth-order valence-corrected chi connectivity index (χ4v) is 4.71. The highest BCUT2D eigenvalue weighted by Gasteiger charge is 2.34. The molecular formula is C26H32N2O4. The number of ether oxygens (including phenoxy) is 3. The van der Waals surface area contributed by atoms with E-state index in [2.05, 4.69) is 21.9 Å². The lowest BCUT2D eigenvalue weighted by Gasteiger charge is -2.39. The van der Waals surface area contributed by atoms with E-state index in [4.69, 9.17) is 14.2 Å². The van der Waals surface area contributed by atoms with E-state index in [9.17, 15) is 4.79 Å². The smallest absolute Gasteiger partial charge is 0.254 e. The average Bonchev–Trinajstić information content (AvgIpc) is 3.55. The fourth-order valence-electron chi connectivity index (χ4n) is 4.71. The number of piperidine rings is 1. The number of amides is 1. The monoisotopic (exact) mass is 436 g/mol. The number of hydrogen-bond donors (Lipinski definition) is 0. The molecule has 2 fully saturated rings. The second kappa shape index (κ2) is 9.41. The number of fused-ring (bicyclic) bond motifs is 1. The van der Waals surface area contributed by atoms with E-state index in [0.29, 0.717) is 23.3 Å². The van der Waals surface area contributed by atoms with Crippen LogP contribution in [0.4, 0.5) is 0 Å². The van der Waals surface area contributed by atoms with Crippen molar-refractivity contribution in [2.75, 3.05) is 40.1 Å². The van der Waals surface area contributed by atoms with Crippen LogP contribution in [0.25, 0.3) is 0 Å². The zero-order valence-electron chi connectivity index (χ0n) is 18.8. The highest BCUT2D eigenvalue weighted by molar-refractivity contribution is 5.95. The van der Waals surface area contributed by atoms with Crippen LogP contribution >= 0.6 is 0 Å². The number of carbonyl (C=O) groups is 1. The molecule has 6 nitrogen and oxygen atoms in total. The number of benzene rings is 2. The van der Waals surface area contributed by atoms with Gasteiger partial charge in [0.1, 0.15) is 5.75 Å². The molecule has 6 heteroatoms. The molecule has 3 aliphatic rings. The molecule has 0 spiro atoms. The first-order valence-electron chi connectivity index (χ1n) is 11.8. The first-order chi connectivity index (χ1) is 15.7. The molecule has 1 saturated carbocycles. The van der Waals surface area contributed by atoms with Crippen molar-refractivity contribution in [2.45, 2.75) is 38.1 Å². The van der Waals surface area contributed by atoms with Gasteiger partial charge in [0.25, 0.3) is 5.91 Å². The van der Waals surface area contributed by atoms with E-state index in [1.165, 1.54) is 18.4 Å². The summed E-state index contributed by atoms with van der Waals surface area (Å²) in [5.41, 5.74) is 2.04. The molecule has 170 valence electrons. The van der Waals surface area contributed by atoms with Gasteiger partial charge in [-0.3, -0.25) is 4.79 Å². The Hall–Kier alpha value is -2.73. The highest BCUT2D eigenvalue weighted by Crippen LogP contribution is 2.35. The van der Waals surface area contributed by atoms with Gasteiger partial charge in [-0.2, -0.15) is 0 Å². The molecule has 1 saturated heterocycles. The van der Waals surface area contributed by atoms with Gasteiger partial charge in [0.2, 0.25) is 6.79 Å². The van der Waals surface area contributed by atoms with Crippen LogP contribution in [0, 0.1) is 5.92 Å². The molecule has 0 radical (unpaired) electrons. The zero-order chi connectivity index (χ0) is 21.9. The minimum atomic E-state index is 0.131. The lowest BCUT2D eigenvalue weighted by Crippen LogP contribution is -2.48. The molecule has 0 aromatic heterocycles. The molecule has 1 aliphatic carbocycles.